The number of aromatic hydroxyl groups is 1. The second-order valence-electron chi connectivity index (χ2n) is 3.01. The van der Waals surface area contributed by atoms with Gasteiger partial charge in [-0.2, -0.15) is 0 Å². The monoisotopic (exact) mass is 172 g/mol. The van der Waals surface area contributed by atoms with Gasteiger partial charge in [0.05, 0.1) is 5.56 Å². The predicted octanol–water partition coefficient (Wildman–Crippen LogP) is 2.71. The summed E-state index contributed by atoms with van der Waals surface area (Å²) in [5.74, 6) is 5.97. The van der Waals surface area contributed by atoms with E-state index in [0.29, 0.717) is 5.56 Å². The molecule has 0 aromatic heterocycles. The highest BCUT2D eigenvalue weighted by Gasteiger charge is 1.91. The van der Waals surface area contributed by atoms with Crippen LogP contribution in [0, 0.1) is 11.8 Å². The van der Waals surface area contributed by atoms with Crippen molar-refractivity contribution < 1.29 is 5.11 Å². The highest BCUT2D eigenvalue weighted by Crippen LogP contribution is 2.13. The van der Waals surface area contributed by atoms with Gasteiger partial charge in [-0.3, -0.25) is 0 Å². The van der Waals surface area contributed by atoms with Gasteiger partial charge in [-0.05, 0) is 32.1 Å². The zero-order valence-corrected chi connectivity index (χ0v) is 7.83. The zero-order valence-electron chi connectivity index (χ0n) is 7.83. The van der Waals surface area contributed by atoms with E-state index in [4.69, 9.17) is 0 Å². The minimum Gasteiger partial charge on any atom is -0.507 e. The summed E-state index contributed by atoms with van der Waals surface area (Å²) in [5.41, 5.74) is 1.82. The predicted molar refractivity (Wildman–Crippen MR) is 54.4 cm³/mol. The molecule has 0 heterocycles. The average molecular weight is 172 g/mol. The molecule has 0 radical (unpaired) electrons. The van der Waals surface area contributed by atoms with Crippen molar-refractivity contribution in [2.24, 2.45) is 0 Å². The summed E-state index contributed by atoms with van der Waals surface area (Å²) in [5, 5.41) is 9.35. The van der Waals surface area contributed by atoms with Gasteiger partial charge in [-0.1, -0.05) is 29.5 Å². The highest BCUT2D eigenvalue weighted by atomic mass is 16.3. The van der Waals surface area contributed by atoms with Crippen molar-refractivity contribution in [2.45, 2.75) is 13.8 Å². The Morgan fingerprint density at radius 1 is 1.31 bits per heavy atom. The molecule has 1 aromatic carbocycles. The van der Waals surface area contributed by atoms with Crippen molar-refractivity contribution in [1.29, 1.82) is 0 Å². The van der Waals surface area contributed by atoms with Crippen LogP contribution in [0.1, 0.15) is 19.4 Å². The summed E-state index contributed by atoms with van der Waals surface area (Å²) < 4.78 is 0. The van der Waals surface area contributed by atoms with Gasteiger partial charge in [0.2, 0.25) is 0 Å². The lowest BCUT2D eigenvalue weighted by Gasteiger charge is -1.92. The van der Waals surface area contributed by atoms with Crippen LogP contribution < -0.4 is 0 Å². The maximum atomic E-state index is 9.35. The van der Waals surface area contributed by atoms with E-state index in [-0.39, 0.29) is 5.75 Å². The van der Waals surface area contributed by atoms with E-state index in [0.717, 1.165) is 5.57 Å². The number of rotatable bonds is 0. The highest BCUT2D eigenvalue weighted by molar-refractivity contribution is 5.46. The molecule has 0 atom stereocenters. The van der Waals surface area contributed by atoms with Crippen molar-refractivity contribution in [3.05, 3.63) is 41.5 Å². The van der Waals surface area contributed by atoms with Gasteiger partial charge >= 0.3 is 0 Å². The van der Waals surface area contributed by atoms with E-state index in [9.17, 15) is 5.11 Å². The third kappa shape index (κ3) is 3.04. The van der Waals surface area contributed by atoms with Gasteiger partial charge in [-0.25, -0.2) is 0 Å². The molecule has 1 aromatic rings. The molecule has 0 spiro atoms. The summed E-state index contributed by atoms with van der Waals surface area (Å²) >= 11 is 0. The fourth-order valence-corrected chi connectivity index (χ4v) is 0.838. The second-order valence-corrected chi connectivity index (χ2v) is 3.01. The molecule has 1 rings (SSSR count). The van der Waals surface area contributed by atoms with Crippen LogP contribution in [0.15, 0.2) is 35.9 Å². The quantitative estimate of drug-likeness (QED) is 0.596. The Morgan fingerprint density at radius 3 is 2.62 bits per heavy atom. The Bertz CT molecular complexity index is 374. The molecule has 1 N–H and O–H groups in total. The van der Waals surface area contributed by atoms with E-state index < -0.39 is 0 Å². The molecule has 0 bridgehead atoms. The van der Waals surface area contributed by atoms with Crippen LogP contribution in [-0.4, -0.2) is 5.11 Å². The van der Waals surface area contributed by atoms with Crippen LogP contribution in [0.25, 0.3) is 0 Å². The maximum Gasteiger partial charge on any atom is 0.131 e. The van der Waals surface area contributed by atoms with Crippen LogP contribution in [0.2, 0.25) is 0 Å². The Hall–Kier alpha value is -1.68. The second kappa shape index (κ2) is 4.37. The van der Waals surface area contributed by atoms with Crippen LogP contribution in [0.3, 0.4) is 0 Å². The Balaban J connectivity index is 2.90. The molecule has 0 aliphatic carbocycles. The van der Waals surface area contributed by atoms with E-state index in [2.05, 4.69) is 11.8 Å². The number of hydrogen-bond donors (Lipinski definition) is 1. The van der Waals surface area contributed by atoms with E-state index in [1.807, 2.05) is 26.0 Å². The SMILES string of the molecule is CC(C)=CC#Cc1ccccc1O. The number of phenolic OH excluding ortho intramolecular Hbond substituents is 1. The van der Waals surface area contributed by atoms with Crippen molar-refractivity contribution in [3.8, 4) is 17.6 Å². The van der Waals surface area contributed by atoms with Gasteiger partial charge in [0, 0.05) is 0 Å². The topological polar surface area (TPSA) is 20.2 Å². The van der Waals surface area contributed by atoms with Gasteiger partial charge in [-0.15, -0.1) is 0 Å². The fraction of sp³-hybridized carbons (Fsp3) is 0.167. The van der Waals surface area contributed by atoms with Crippen molar-refractivity contribution in [3.63, 3.8) is 0 Å². The summed E-state index contributed by atoms with van der Waals surface area (Å²) in [6.45, 7) is 3.97. The minimum atomic E-state index is 0.233. The molecular formula is C12H12O. The van der Waals surface area contributed by atoms with Gasteiger partial charge < -0.3 is 5.11 Å². The first kappa shape index (κ1) is 9.41. The molecular weight excluding hydrogens is 160 g/mol. The minimum absolute atomic E-state index is 0.233. The molecule has 0 amide bonds. The number of allylic oxidation sites excluding steroid dienone is 2. The summed E-state index contributed by atoms with van der Waals surface area (Å²) in [6.07, 6.45) is 1.83. The van der Waals surface area contributed by atoms with Crippen LogP contribution in [0.5, 0.6) is 5.75 Å². The average Bonchev–Trinajstić information content (AvgIpc) is 2.08. The summed E-state index contributed by atoms with van der Waals surface area (Å²) in [7, 11) is 0. The Kier molecular flexibility index (Phi) is 3.16. The first-order valence-electron chi connectivity index (χ1n) is 4.13. The van der Waals surface area contributed by atoms with Crippen LogP contribution >= 0.6 is 0 Å². The smallest absolute Gasteiger partial charge is 0.131 e. The number of phenols is 1. The molecule has 0 saturated carbocycles. The maximum absolute atomic E-state index is 9.35. The first-order valence-corrected chi connectivity index (χ1v) is 4.13. The first-order chi connectivity index (χ1) is 6.20. The number of benzene rings is 1. The lowest BCUT2D eigenvalue weighted by atomic mass is 10.2. The molecule has 0 unspecified atom stereocenters. The number of para-hydroxylation sites is 1. The largest absolute Gasteiger partial charge is 0.507 e. The van der Waals surface area contributed by atoms with E-state index in [1.54, 1.807) is 18.2 Å². The third-order valence-corrected chi connectivity index (χ3v) is 1.47. The van der Waals surface area contributed by atoms with Gasteiger partial charge in [0.25, 0.3) is 0 Å². The van der Waals surface area contributed by atoms with Gasteiger partial charge in [0.1, 0.15) is 5.75 Å². The standard InChI is InChI=1S/C12H12O/c1-10(2)6-5-8-11-7-3-4-9-12(11)13/h3-4,6-7,9,13H,1-2H3. The van der Waals surface area contributed by atoms with E-state index in [1.165, 1.54) is 0 Å². The Labute approximate surface area is 78.7 Å². The van der Waals surface area contributed by atoms with Gasteiger partial charge in [0.15, 0.2) is 0 Å². The molecule has 66 valence electrons. The van der Waals surface area contributed by atoms with E-state index >= 15 is 0 Å². The lowest BCUT2D eigenvalue weighted by molar-refractivity contribution is 0.473. The molecule has 13 heavy (non-hydrogen) atoms. The third-order valence-electron chi connectivity index (χ3n) is 1.47. The summed E-state index contributed by atoms with van der Waals surface area (Å²) in [4.78, 5) is 0. The Morgan fingerprint density at radius 2 is 2.00 bits per heavy atom. The normalized spacial score (nSPS) is 8.46. The molecule has 1 heteroatoms. The van der Waals surface area contributed by atoms with Crippen LogP contribution in [-0.2, 0) is 0 Å². The molecule has 0 aliphatic heterocycles. The van der Waals surface area contributed by atoms with Crippen molar-refractivity contribution >= 4 is 0 Å². The molecule has 0 saturated heterocycles. The fourth-order valence-electron chi connectivity index (χ4n) is 0.838. The molecule has 0 aliphatic rings. The zero-order chi connectivity index (χ0) is 9.68. The van der Waals surface area contributed by atoms with Crippen molar-refractivity contribution in [1.82, 2.24) is 0 Å². The molecule has 0 fully saturated rings. The number of hydrogen-bond acceptors (Lipinski definition) is 1. The lowest BCUT2D eigenvalue weighted by Crippen LogP contribution is -1.73. The molecule has 1 nitrogen and oxygen atoms in total. The van der Waals surface area contributed by atoms with Crippen LogP contribution in [0.4, 0.5) is 0 Å². The summed E-state index contributed by atoms with van der Waals surface area (Å²) in [6, 6.07) is 7.06. The van der Waals surface area contributed by atoms with Crippen molar-refractivity contribution in [2.75, 3.05) is 0 Å².